The highest BCUT2D eigenvalue weighted by molar-refractivity contribution is 5.89. The van der Waals surface area contributed by atoms with Crippen molar-refractivity contribution in [2.75, 3.05) is 68.1 Å². The van der Waals surface area contributed by atoms with Crippen molar-refractivity contribution in [3.63, 3.8) is 0 Å². The second-order valence-corrected chi connectivity index (χ2v) is 9.31. The van der Waals surface area contributed by atoms with Gasteiger partial charge in [-0.2, -0.15) is 0 Å². The fraction of sp³-hybridized carbons (Fsp3) is 0.444. The lowest BCUT2D eigenvalue weighted by molar-refractivity contribution is 0.122. The van der Waals surface area contributed by atoms with Gasteiger partial charge in [-0.15, -0.1) is 0 Å². The second kappa shape index (κ2) is 10.5. The lowest BCUT2D eigenvalue weighted by Crippen LogP contribution is -2.40. The van der Waals surface area contributed by atoms with E-state index in [1.165, 1.54) is 5.69 Å². The molecule has 0 radical (unpaired) electrons. The first-order valence-corrected chi connectivity index (χ1v) is 12.6. The largest absolute Gasteiger partial charge is 0.378 e. The average molecular weight is 475 g/mol. The quantitative estimate of drug-likeness (QED) is 0.593. The number of amides is 2. The zero-order chi connectivity index (χ0) is 24.2. The highest BCUT2D eigenvalue weighted by Gasteiger charge is 2.26. The van der Waals surface area contributed by atoms with E-state index < -0.39 is 0 Å². The van der Waals surface area contributed by atoms with Crippen LogP contribution in [-0.4, -0.2) is 73.9 Å². The van der Waals surface area contributed by atoms with E-state index in [9.17, 15) is 4.79 Å². The highest BCUT2D eigenvalue weighted by atomic mass is 16.5. The molecule has 3 heterocycles. The number of carbonyl (C=O) groups is 1. The minimum atomic E-state index is -0.0391. The molecule has 0 unspecified atom stereocenters. The molecular formula is C27H34N6O2. The standard InChI is InChI=1S/C27H34N6O2/c1-3-31(2)22-6-4-21(5-7-22)30-27(34)33-12-10-20(11-13-33)26-24-9-8-23(18-25(24)28-19-29-26)32-14-16-35-17-15-32/h4-9,18-20H,3,10-17H2,1-2H3,(H,30,34). The molecule has 1 aromatic heterocycles. The maximum atomic E-state index is 12.9. The number of likely N-dealkylation sites (tertiary alicyclic amines) is 1. The monoisotopic (exact) mass is 474 g/mol. The van der Waals surface area contributed by atoms with Crippen LogP contribution in [0.4, 0.5) is 21.9 Å². The zero-order valence-corrected chi connectivity index (χ0v) is 20.6. The van der Waals surface area contributed by atoms with Gasteiger partial charge in [0.25, 0.3) is 0 Å². The van der Waals surface area contributed by atoms with Crippen molar-refractivity contribution in [3.05, 3.63) is 54.5 Å². The summed E-state index contributed by atoms with van der Waals surface area (Å²) >= 11 is 0. The number of urea groups is 1. The topological polar surface area (TPSA) is 73.8 Å². The van der Waals surface area contributed by atoms with Gasteiger partial charge in [-0.25, -0.2) is 14.8 Å². The van der Waals surface area contributed by atoms with Crippen molar-refractivity contribution in [1.29, 1.82) is 0 Å². The van der Waals surface area contributed by atoms with Crippen LogP contribution >= 0.6 is 0 Å². The molecule has 35 heavy (non-hydrogen) atoms. The highest BCUT2D eigenvalue weighted by Crippen LogP contribution is 2.32. The zero-order valence-electron chi connectivity index (χ0n) is 20.6. The van der Waals surface area contributed by atoms with Gasteiger partial charge in [0.05, 0.1) is 24.4 Å². The molecule has 8 heteroatoms. The van der Waals surface area contributed by atoms with E-state index in [0.29, 0.717) is 19.0 Å². The Morgan fingerprint density at radius 3 is 2.51 bits per heavy atom. The van der Waals surface area contributed by atoms with E-state index in [1.807, 2.05) is 29.2 Å². The van der Waals surface area contributed by atoms with Gasteiger partial charge in [0.15, 0.2) is 0 Å². The van der Waals surface area contributed by atoms with E-state index in [0.717, 1.165) is 73.7 Å². The molecule has 2 amide bonds. The van der Waals surface area contributed by atoms with Gasteiger partial charge in [0.2, 0.25) is 0 Å². The van der Waals surface area contributed by atoms with Gasteiger partial charge in [-0.05, 0) is 62.2 Å². The number of morpholine rings is 1. The molecular weight excluding hydrogens is 440 g/mol. The van der Waals surface area contributed by atoms with Crippen molar-refractivity contribution in [2.24, 2.45) is 0 Å². The maximum Gasteiger partial charge on any atom is 0.321 e. The first kappa shape index (κ1) is 23.4. The Bertz CT molecular complexity index is 1150. The summed E-state index contributed by atoms with van der Waals surface area (Å²) in [5.41, 5.74) is 5.23. The maximum absolute atomic E-state index is 12.9. The van der Waals surface area contributed by atoms with Gasteiger partial charge in [-0.3, -0.25) is 0 Å². The van der Waals surface area contributed by atoms with Crippen LogP contribution in [0.2, 0.25) is 0 Å². The third-order valence-corrected chi connectivity index (χ3v) is 7.23. The summed E-state index contributed by atoms with van der Waals surface area (Å²) in [5, 5.41) is 4.16. The van der Waals surface area contributed by atoms with E-state index in [-0.39, 0.29) is 6.03 Å². The first-order chi connectivity index (χ1) is 17.1. The molecule has 0 spiro atoms. The van der Waals surface area contributed by atoms with E-state index >= 15 is 0 Å². The molecule has 0 atom stereocenters. The molecule has 8 nitrogen and oxygen atoms in total. The van der Waals surface area contributed by atoms with Crippen molar-refractivity contribution in [2.45, 2.75) is 25.7 Å². The molecule has 2 aliphatic rings. The van der Waals surface area contributed by atoms with Crippen LogP contribution in [0.1, 0.15) is 31.4 Å². The van der Waals surface area contributed by atoms with Gasteiger partial charge < -0.3 is 24.8 Å². The van der Waals surface area contributed by atoms with Gasteiger partial charge >= 0.3 is 6.03 Å². The summed E-state index contributed by atoms with van der Waals surface area (Å²) in [6.45, 7) is 7.83. The van der Waals surface area contributed by atoms with E-state index in [4.69, 9.17) is 4.74 Å². The number of fused-ring (bicyclic) bond motifs is 1. The molecule has 0 saturated carbocycles. The molecule has 1 N–H and O–H groups in total. The lowest BCUT2D eigenvalue weighted by Gasteiger charge is -2.32. The number of hydrogen-bond acceptors (Lipinski definition) is 6. The molecule has 2 fully saturated rings. The van der Waals surface area contributed by atoms with Crippen LogP contribution in [0.3, 0.4) is 0 Å². The Balaban J connectivity index is 1.22. The third-order valence-electron chi connectivity index (χ3n) is 7.23. The van der Waals surface area contributed by atoms with E-state index in [1.54, 1.807) is 6.33 Å². The van der Waals surface area contributed by atoms with Crippen LogP contribution in [0.5, 0.6) is 0 Å². The Hall–Kier alpha value is -3.39. The number of nitrogens with one attached hydrogen (secondary N) is 1. The van der Waals surface area contributed by atoms with Crippen LogP contribution in [-0.2, 0) is 4.74 Å². The molecule has 184 valence electrons. The third kappa shape index (κ3) is 5.17. The predicted octanol–water partition coefficient (Wildman–Crippen LogP) is 4.33. The van der Waals surface area contributed by atoms with E-state index in [2.05, 4.69) is 57.3 Å². The number of aromatic nitrogens is 2. The summed E-state index contributed by atoms with van der Waals surface area (Å²) in [6.07, 6.45) is 3.47. The minimum absolute atomic E-state index is 0.0391. The Kier molecular flexibility index (Phi) is 6.99. The minimum Gasteiger partial charge on any atom is -0.378 e. The molecule has 5 rings (SSSR count). The molecule has 0 aliphatic carbocycles. The van der Waals surface area contributed by atoms with Crippen molar-refractivity contribution >= 4 is 34.0 Å². The lowest BCUT2D eigenvalue weighted by atomic mass is 9.91. The fourth-order valence-electron chi connectivity index (χ4n) is 4.95. The van der Waals surface area contributed by atoms with Gasteiger partial charge in [0.1, 0.15) is 6.33 Å². The number of nitrogens with zero attached hydrogens (tertiary/aromatic N) is 5. The average Bonchev–Trinajstić information content (AvgIpc) is 2.93. The van der Waals surface area contributed by atoms with Gasteiger partial charge in [-0.1, -0.05) is 0 Å². The number of ether oxygens (including phenoxy) is 1. The molecule has 2 aliphatic heterocycles. The van der Waals surface area contributed by atoms with Crippen molar-refractivity contribution in [1.82, 2.24) is 14.9 Å². The van der Waals surface area contributed by atoms with Crippen molar-refractivity contribution < 1.29 is 9.53 Å². The Morgan fingerprint density at radius 1 is 1.06 bits per heavy atom. The normalized spacial score (nSPS) is 17.0. The molecule has 3 aromatic rings. The second-order valence-electron chi connectivity index (χ2n) is 9.31. The number of benzene rings is 2. The number of hydrogen-bond donors (Lipinski definition) is 1. The number of rotatable bonds is 5. The van der Waals surface area contributed by atoms with Crippen molar-refractivity contribution in [3.8, 4) is 0 Å². The summed E-state index contributed by atoms with van der Waals surface area (Å²) in [6, 6.07) is 14.5. The van der Waals surface area contributed by atoms with Crippen LogP contribution in [0.25, 0.3) is 10.9 Å². The predicted molar refractivity (Wildman–Crippen MR) is 141 cm³/mol. The number of anilines is 3. The van der Waals surface area contributed by atoms with Gasteiger partial charge in [0, 0.05) is 68.1 Å². The molecule has 2 saturated heterocycles. The van der Waals surface area contributed by atoms with Crippen LogP contribution in [0.15, 0.2) is 48.8 Å². The van der Waals surface area contributed by atoms with Crippen LogP contribution < -0.4 is 15.1 Å². The summed E-state index contributed by atoms with van der Waals surface area (Å²) in [7, 11) is 2.06. The number of piperidine rings is 1. The fourth-order valence-corrected chi connectivity index (χ4v) is 4.95. The molecule has 2 aromatic carbocycles. The smallest absolute Gasteiger partial charge is 0.321 e. The van der Waals surface area contributed by atoms with Crippen LogP contribution in [0, 0.1) is 0 Å². The Labute approximate surface area is 206 Å². The summed E-state index contributed by atoms with van der Waals surface area (Å²) in [4.78, 5) is 28.5. The Morgan fingerprint density at radius 2 is 1.80 bits per heavy atom. The summed E-state index contributed by atoms with van der Waals surface area (Å²) in [5.74, 6) is 0.322. The number of carbonyl (C=O) groups excluding carboxylic acids is 1. The molecule has 0 bridgehead atoms. The SMILES string of the molecule is CCN(C)c1ccc(NC(=O)N2CCC(c3ncnc4cc(N5CCOCC5)ccc34)CC2)cc1. The first-order valence-electron chi connectivity index (χ1n) is 12.6. The summed E-state index contributed by atoms with van der Waals surface area (Å²) < 4.78 is 5.48.